The molecule has 0 saturated heterocycles. The van der Waals surface area contributed by atoms with E-state index in [1.54, 1.807) is 0 Å². The second-order valence-electron chi connectivity index (χ2n) is 9.47. The van der Waals surface area contributed by atoms with Crippen molar-refractivity contribution in [2.75, 3.05) is 0 Å². The van der Waals surface area contributed by atoms with E-state index in [1.807, 2.05) is 13.8 Å². The summed E-state index contributed by atoms with van der Waals surface area (Å²) in [5, 5.41) is 0. The molecule has 0 amide bonds. The number of rotatable bonds is 0. The molecule has 0 radical (unpaired) electrons. The van der Waals surface area contributed by atoms with E-state index >= 15 is 0 Å². The van der Waals surface area contributed by atoms with Crippen LogP contribution in [0.5, 0.6) is 0 Å². The van der Waals surface area contributed by atoms with Crippen LogP contribution in [0.25, 0.3) is 11.5 Å². The quantitative estimate of drug-likeness (QED) is 0.204. The zero-order valence-electron chi connectivity index (χ0n) is 23.6. The van der Waals surface area contributed by atoms with Crippen LogP contribution in [-0.4, -0.2) is 52.6 Å². The van der Waals surface area contributed by atoms with Crippen LogP contribution < -0.4 is 11.5 Å². The molecule has 0 bridgehead atoms. The van der Waals surface area contributed by atoms with Crippen LogP contribution in [0.15, 0.2) is 0 Å². The average molecular weight is 724 g/mol. The van der Waals surface area contributed by atoms with Gasteiger partial charge in [-0.2, -0.15) is 20.5 Å². The molecule has 8 atom stereocenters. The molecular weight excluding hydrogens is 665 g/mol. The van der Waals surface area contributed by atoms with Gasteiger partial charge in [-0.3, -0.25) is 9.11 Å². The molecule has 3 saturated carbocycles. The molecule has 12 N–H and O–H groups in total. The fourth-order valence-corrected chi connectivity index (χ4v) is 4.37. The first-order valence-corrected chi connectivity index (χ1v) is 13.8. The molecular formula is C24H59IrN4O6S. The predicted octanol–water partition coefficient (Wildman–Crippen LogP) is 4.72. The van der Waals surface area contributed by atoms with E-state index in [9.17, 15) is 0 Å². The van der Waals surface area contributed by atoms with E-state index < -0.39 is 10.4 Å². The Balaban J connectivity index is -0.0000000797. The summed E-state index contributed by atoms with van der Waals surface area (Å²) in [5.41, 5.74) is 25.9. The Hall–Kier alpha value is 0.279. The summed E-state index contributed by atoms with van der Waals surface area (Å²) in [5.74, 6) is 3.85. The molecule has 3 aliphatic rings. The molecule has 12 heteroatoms. The van der Waals surface area contributed by atoms with E-state index in [0.29, 0.717) is 0 Å². The Morgan fingerprint density at radius 3 is 1.06 bits per heavy atom. The molecule has 0 aromatic carbocycles. The van der Waals surface area contributed by atoms with Gasteiger partial charge in [-0.1, -0.05) is 80.1 Å². The second kappa shape index (κ2) is 26.9. The van der Waals surface area contributed by atoms with Gasteiger partial charge in [-0.25, -0.2) is 0 Å². The summed E-state index contributed by atoms with van der Waals surface area (Å²) in [6.45, 7) is 13.5. The predicted molar refractivity (Wildman–Crippen MR) is 150 cm³/mol. The van der Waals surface area contributed by atoms with Gasteiger partial charge in [0, 0.05) is 12.1 Å². The minimum absolute atomic E-state index is 0. The summed E-state index contributed by atoms with van der Waals surface area (Å²) < 4.78 is 31.6. The third kappa shape index (κ3) is 25.9. The zero-order valence-corrected chi connectivity index (χ0v) is 26.8. The van der Waals surface area contributed by atoms with Crippen LogP contribution in [0.2, 0.25) is 0 Å². The van der Waals surface area contributed by atoms with E-state index in [1.165, 1.54) is 32.1 Å². The van der Waals surface area contributed by atoms with Crippen molar-refractivity contribution < 1.29 is 48.6 Å². The van der Waals surface area contributed by atoms with Gasteiger partial charge in [0.1, 0.15) is 0 Å². The minimum Gasteiger partial charge on any atom is -0.676 e. The molecule has 0 heterocycles. The van der Waals surface area contributed by atoms with E-state index in [0.717, 1.165) is 49.4 Å². The first-order chi connectivity index (χ1) is 14.7. The van der Waals surface area contributed by atoms with Gasteiger partial charge in [0.05, 0.1) is 0 Å². The van der Waals surface area contributed by atoms with Gasteiger partial charge in [-0.15, -0.1) is 0 Å². The van der Waals surface area contributed by atoms with E-state index in [4.69, 9.17) is 40.5 Å². The fourth-order valence-electron chi connectivity index (χ4n) is 4.37. The van der Waals surface area contributed by atoms with Gasteiger partial charge in [0.25, 0.3) is 0 Å². The third-order valence-corrected chi connectivity index (χ3v) is 7.01. The molecule has 0 spiro atoms. The van der Waals surface area contributed by atoms with Crippen molar-refractivity contribution >= 4 is 10.4 Å². The largest absolute Gasteiger partial charge is 3.00 e. The van der Waals surface area contributed by atoms with Crippen molar-refractivity contribution in [2.45, 2.75) is 123 Å². The van der Waals surface area contributed by atoms with Crippen LogP contribution in [0.1, 0.15) is 99.3 Å². The van der Waals surface area contributed by atoms with Gasteiger partial charge < -0.3 is 41.3 Å². The summed E-state index contributed by atoms with van der Waals surface area (Å²) >= 11 is 0. The Morgan fingerprint density at radius 1 is 0.694 bits per heavy atom. The SMILES string of the molecule is CC.CC1CC(C)C(C)C1C.N[C@H]1CCCC[C@@H]1N.O.O.O=S(=O)(O)O.[CH3-].[Ir+3].[NH-][C@H]1CCCC[C@@H]1[NH-]. The molecule has 3 fully saturated rings. The summed E-state index contributed by atoms with van der Waals surface area (Å²) in [4.78, 5) is 0. The average Bonchev–Trinajstić information content (AvgIpc) is 2.93. The maximum atomic E-state index is 8.74. The number of hydrogen-bond donors (Lipinski definition) is 4. The standard InChI is InChI=1S/C9H18.C6H14N2.C6H12N2.C2H6.CH3.Ir.H2O4S.2H2O/c1-6-5-7(2)9(4)8(6)3;2*7-5-3-1-2-4-6(5)8;1-2;;;1-5(2,3)4;;/h6-9H,5H2,1-4H3;5-6H,1-4,7-8H2;5-8H,1-4H2;1-2H3;1H3;;(H2,1,2,3,4);2*1H2/q;;-2;;-1;+3;;;/t;2*5-,6-;;;;;;/m.00....../s1. The maximum absolute atomic E-state index is 8.74. The van der Waals surface area contributed by atoms with E-state index in [2.05, 4.69) is 27.7 Å². The number of nitrogens with two attached hydrogens (primary N) is 2. The van der Waals surface area contributed by atoms with Crippen molar-refractivity contribution in [2.24, 2.45) is 35.1 Å². The Morgan fingerprint density at radius 2 is 0.917 bits per heavy atom. The molecule has 226 valence electrons. The molecule has 4 unspecified atom stereocenters. The van der Waals surface area contributed by atoms with Crippen LogP contribution in [0, 0.1) is 31.1 Å². The van der Waals surface area contributed by atoms with Crippen LogP contribution in [0.3, 0.4) is 0 Å². The number of hydrogen-bond acceptors (Lipinski definition) is 4. The first kappa shape index (κ1) is 49.3. The Kier molecular flexibility index (Phi) is 36.8. The Bertz CT molecular complexity index is 503. The van der Waals surface area contributed by atoms with Gasteiger partial charge >= 0.3 is 30.5 Å². The first-order valence-electron chi connectivity index (χ1n) is 12.4. The van der Waals surface area contributed by atoms with E-state index in [-0.39, 0.29) is 62.7 Å². The minimum atomic E-state index is -4.67. The van der Waals surface area contributed by atoms with Crippen molar-refractivity contribution in [3.8, 4) is 0 Å². The molecule has 0 aliphatic heterocycles. The van der Waals surface area contributed by atoms with Crippen LogP contribution in [-0.2, 0) is 30.5 Å². The molecule has 10 nitrogen and oxygen atoms in total. The van der Waals surface area contributed by atoms with Crippen LogP contribution in [0.4, 0.5) is 0 Å². The monoisotopic (exact) mass is 724 g/mol. The van der Waals surface area contributed by atoms with Crippen LogP contribution >= 0.6 is 0 Å². The van der Waals surface area contributed by atoms with Gasteiger partial charge in [0.2, 0.25) is 0 Å². The van der Waals surface area contributed by atoms with Crippen molar-refractivity contribution in [3.63, 3.8) is 0 Å². The third-order valence-electron chi connectivity index (χ3n) is 7.01. The van der Waals surface area contributed by atoms with Crippen molar-refractivity contribution in [1.82, 2.24) is 0 Å². The topological polar surface area (TPSA) is 237 Å². The molecule has 0 aromatic heterocycles. The van der Waals surface area contributed by atoms with Crippen molar-refractivity contribution in [1.29, 1.82) is 0 Å². The second-order valence-corrected chi connectivity index (χ2v) is 10.4. The molecule has 0 aromatic rings. The maximum Gasteiger partial charge on any atom is 3.00 e. The normalized spacial score (nSPS) is 32.4. The summed E-state index contributed by atoms with van der Waals surface area (Å²) in [6, 6.07) is 0.403. The molecule has 3 rings (SSSR count). The summed E-state index contributed by atoms with van der Waals surface area (Å²) in [7, 11) is -4.67. The smallest absolute Gasteiger partial charge is 0.676 e. The van der Waals surface area contributed by atoms with Crippen molar-refractivity contribution in [3.05, 3.63) is 18.9 Å². The molecule has 3 aliphatic carbocycles. The number of nitrogens with one attached hydrogen (secondary N) is 2. The fraction of sp³-hybridized carbons (Fsp3) is 0.958. The zero-order chi connectivity index (χ0) is 25.5. The Labute approximate surface area is 236 Å². The van der Waals surface area contributed by atoms with Gasteiger partial charge in [0.15, 0.2) is 0 Å². The summed E-state index contributed by atoms with van der Waals surface area (Å²) in [6.07, 6.45) is 10.5. The molecule has 36 heavy (non-hydrogen) atoms. The van der Waals surface area contributed by atoms with Gasteiger partial charge in [-0.05, 0) is 42.9 Å².